The molecule has 0 heterocycles. The molecule has 0 spiro atoms. The van der Waals surface area contributed by atoms with E-state index in [1.807, 2.05) is 19.1 Å². The van der Waals surface area contributed by atoms with Gasteiger partial charge in [0, 0.05) is 5.02 Å². The number of carbonyl (C=O) groups is 1. The number of methoxy groups -OCH3 is 1. The molecular formula is C31H30ClN3O6S. The number of amides is 1. The van der Waals surface area contributed by atoms with Crippen LogP contribution in [0.2, 0.25) is 5.02 Å². The normalized spacial score (nSPS) is 11.2. The molecule has 0 atom stereocenters. The molecule has 0 bridgehead atoms. The van der Waals surface area contributed by atoms with Gasteiger partial charge in [0.2, 0.25) is 0 Å². The highest BCUT2D eigenvalue weighted by Gasteiger charge is 2.29. The third kappa shape index (κ3) is 7.80. The van der Waals surface area contributed by atoms with E-state index in [0.29, 0.717) is 41.0 Å². The Bertz CT molecular complexity index is 1630. The number of rotatable bonds is 13. The molecule has 0 radical (unpaired) electrons. The highest BCUT2D eigenvalue weighted by molar-refractivity contribution is 7.92. The number of nitrogens with zero attached hydrogens (tertiary/aromatic N) is 2. The van der Waals surface area contributed by atoms with E-state index >= 15 is 0 Å². The van der Waals surface area contributed by atoms with Gasteiger partial charge < -0.3 is 14.2 Å². The van der Waals surface area contributed by atoms with Crippen LogP contribution in [0.25, 0.3) is 0 Å². The molecule has 0 aromatic heterocycles. The zero-order chi connectivity index (χ0) is 30.0. The van der Waals surface area contributed by atoms with E-state index in [2.05, 4.69) is 10.5 Å². The summed E-state index contributed by atoms with van der Waals surface area (Å²) in [6, 6.07) is 27.0. The number of para-hydroxylation sites is 2. The summed E-state index contributed by atoms with van der Waals surface area (Å²) in [5.74, 6) is 0.712. The van der Waals surface area contributed by atoms with Crippen LogP contribution >= 0.6 is 11.6 Å². The minimum Gasteiger partial charge on any atom is -0.495 e. The Morgan fingerprint density at radius 2 is 1.62 bits per heavy atom. The number of ether oxygens (including phenoxy) is 3. The Kier molecular flexibility index (Phi) is 10.4. The fourth-order valence-electron chi connectivity index (χ4n) is 3.93. The third-order valence-corrected chi connectivity index (χ3v) is 7.98. The molecule has 0 unspecified atom stereocenters. The van der Waals surface area contributed by atoms with Crippen LogP contribution in [0.1, 0.15) is 18.1 Å². The lowest BCUT2D eigenvalue weighted by molar-refractivity contribution is -0.119. The summed E-state index contributed by atoms with van der Waals surface area (Å²) < 4.78 is 45.1. The molecule has 4 aromatic rings. The monoisotopic (exact) mass is 607 g/mol. The number of carbonyl (C=O) groups excluding carboxylic acids is 1. The summed E-state index contributed by atoms with van der Waals surface area (Å²) in [7, 11) is -2.67. The van der Waals surface area contributed by atoms with Gasteiger partial charge in [0.25, 0.3) is 15.9 Å². The minimum atomic E-state index is -4.10. The Balaban J connectivity index is 1.48. The number of hydrogen-bond donors (Lipinski definition) is 1. The second kappa shape index (κ2) is 14.4. The molecule has 0 aliphatic rings. The van der Waals surface area contributed by atoms with Gasteiger partial charge in [-0.3, -0.25) is 9.10 Å². The standard InChI is InChI=1S/C31H30ClN3O6S/c1-3-40-30-19-24(15-18-29(30)41-22-23-13-16-25(32)17-14-23)20-33-34-31(36)21-35(27-11-7-8-12-28(27)39-2)42(37,38)26-9-5-4-6-10-26/h4-20H,3,21-22H2,1-2H3,(H,34,36)/b33-20-. The maximum atomic E-state index is 13.5. The van der Waals surface area contributed by atoms with Gasteiger partial charge in [-0.1, -0.05) is 54.1 Å². The molecule has 4 rings (SSSR count). The molecule has 1 amide bonds. The van der Waals surface area contributed by atoms with Crippen LogP contribution in [0.3, 0.4) is 0 Å². The van der Waals surface area contributed by atoms with Crippen molar-refractivity contribution in [2.24, 2.45) is 5.10 Å². The van der Waals surface area contributed by atoms with E-state index < -0.39 is 22.5 Å². The van der Waals surface area contributed by atoms with Gasteiger partial charge >= 0.3 is 0 Å². The van der Waals surface area contributed by atoms with E-state index in [1.54, 1.807) is 72.8 Å². The zero-order valence-corrected chi connectivity index (χ0v) is 24.6. The molecule has 0 aliphatic heterocycles. The van der Waals surface area contributed by atoms with Crippen molar-refractivity contribution in [2.75, 3.05) is 24.6 Å². The van der Waals surface area contributed by atoms with Crippen LogP contribution in [0, 0.1) is 0 Å². The quantitative estimate of drug-likeness (QED) is 0.155. The van der Waals surface area contributed by atoms with E-state index in [-0.39, 0.29) is 10.6 Å². The summed E-state index contributed by atoms with van der Waals surface area (Å²) in [5, 5.41) is 4.68. The lowest BCUT2D eigenvalue weighted by atomic mass is 10.2. The zero-order valence-electron chi connectivity index (χ0n) is 23.1. The van der Waals surface area contributed by atoms with Crippen LogP contribution in [-0.4, -0.2) is 40.8 Å². The van der Waals surface area contributed by atoms with Crippen molar-refractivity contribution in [3.05, 3.63) is 113 Å². The van der Waals surface area contributed by atoms with Gasteiger partial charge in [-0.2, -0.15) is 5.10 Å². The average Bonchev–Trinajstić information content (AvgIpc) is 3.01. The van der Waals surface area contributed by atoms with Gasteiger partial charge in [0.05, 0.1) is 30.5 Å². The smallest absolute Gasteiger partial charge is 0.264 e. The van der Waals surface area contributed by atoms with Gasteiger partial charge in [-0.05, 0) is 72.6 Å². The fourth-order valence-corrected chi connectivity index (χ4v) is 5.51. The molecule has 1 N–H and O–H groups in total. The third-order valence-electron chi connectivity index (χ3n) is 5.95. The van der Waals surface area contributed by atoms with Crippen LogP contribution in [0.15, 0.2) is 107 Å². The predicted molar refractivity (Wildman–Crippen MR) is 163 cm³/mol. The Labute approximate surface area is 250 Å². The van der Waals surface area contributed by atoms with Gasteiger partial charge in [-0.15, -0.1) is 0 Å². The minimum absolute atomic E-state index is 0.0361. The molecule has 42 heavy (non-hydrogen) atoms. The predicted octanol–water partition coefficient (Wildman–Crippen LogP) is 5.67. The molecule has 218 valence electrons. The van der Waals surface area contributed by atoms with E-state index in [9.17, 15) is 13.2 Å². The first-order valence-corrected chi connectivity index (χ1v) is 14.8. The maximum Gasteiger partial charge on any atom is 0.264 e. The molecule has 0 saturated carbocycles. The van der Waals surface area contributed by atoms with E-state index in [0.717, 1.165) is 9.87 Å². The van der Waals surface area contributed by atoms with Crippen molar-refractivity contribution in [1.29, 1.82) is 0 Å². The SMILES string of the molecule is CCOc1cc(/C=N\NC(=O)CN(c2ccccc2OC)S(=O)(=O)c2ccccc2)ccc1OCc1ccc(Cl)cc1. The summed E-state index contributed by atoms with van der Waals surface area (Å²) in [5.41, 5.74) is 4.22. The largest absolute Gasteiger partial charge is 0.495 e. The Morgan fingerprint density at radius 3 is 2.33 bits per heavy atom. The molecule has 0 fully saturated rings. The highest BCUT2D eigenvalue weighted by atomic mass is 35.5. The summed E-state index contributed by atoms with van der Waals surface area (Å²) in [4.78, 5) is 13.0. The van der Waals surface area contributed by atoms with Crippen LogP contribution in [0.5, 0.6) is 17.2 Å². The van der Waals surface area contributed by atoms with Crippen molar-refractivity contribution in [2.45, 2.75) is 18.4 Å². The second-order valence-electron chi connectivity index (χ2n) is 8.84. The number of nitrogens with one attached hydrogen (secondary N) is 1. The first-order valence-electron chi connectivity index (χ1n) is 13.0. The summed E-state index contributed by atoms with van der Waals surface area (Å²) >= 11 is 5.95. The Hall–Kier alpha value is -4.54. The van der Waals surface area contributed by atoms with E-state index in [1.165, 1.54) is 25.5 Å². The molecule has 0 aliphatic carbocycles. The average molecular weight is 608 g/mol. The summed E-state index contributed by atoms with van der Waals surface area (Å²) in [6.45, 7) is 2.08. The molecular weight excluding hydrogens is 578 g/mol. The topological polar surface area (TPSA) is 107 Å². The van der Waals surface area contributed by atoms with Crippen LogP contribution < -0.4 is 23.9 Å². The number of halogens is 1. The lowest BCUT2D eigenvalue weighted by Crippen LogP contribution is -2.39. The van der Waals surface area contributed by atoms with Crippen molar-refractivity contribution >= 4 is 39.4 Å². The van der Waals surface area contributed by atoms with Crippen LogP contribution in [0.4, 0.5) is 5.69 Å². The number of hydrogen-bond acceptors (Lipinski definition) is 7. The molecule has 0 saturated heterocycles. The molecule has 11 heteroatoms. The van der Waals surface area contributed by atoms with Crippen molar-refractivity contribution < 1.29 is 27.4 Å². The molecule has 4 aromatic carbocycles. The first-order chi connectivity index (χ1) is 20.3. The number of hydrazone groups is 1. The fraction of sp³-hybridized carbons (Fsp3) is 0.161. The number of anilines is 1. The lowest BCUT2D eigenvalue weighted by Gasteiger charge is -2.25. The van der Waals surface area contributed by atoms with Gasteiger partial charge in [-0.25, -0.2) is 13.8 Å². The van der Waals surface area contributed by atoms with Crippen molar-refractivity contribution in [3.63, 3.8) is 0 Å². The number of sulfonamides is 1. The van der Waals surface area contributed by atoms with Crippen molar-refractivity contribution in [3.8, 4) is 17.2 Å². The van der Waals surface area contributed by atoms with Gasteiger partial charge in [0.1, 0.15) is 18.9 Å². The van der Waals surface area contributed by atoms with Gasteiger partial charge in [0.15, 0.2) is 11.5 Å². The Morgan fingerprint density at radius 1 is 0.905 bits per heavy atom. The van der Waals surface area contributed by atoms with Crippen molar-refractivity contribution in [1.82, 2.24) is 5.43 Å². The highest BCUT2D eigenvalue weighted by Crippen LogP contribution is 2.32. The maximum absolute atomic E-state index is 13.5. The first kappa shape index (κ1) is 30.4. The van der Waals surface area contributed by atoms with Crippen LogP contribution in [-0.2, 0) is 21.4 Å². The molecule has 9 nitrogen and oxygen atoms in total. The number of benzene rings is 4. The van der Waals surface area contributed by atoms with E-state index in [4.69, 9.17) is 25.8 Å². The second-order valence-corrected chi connectivity index (χ2v) is 11.1. The summed E-state index contributed by atoms with van der Waals surface area (Å²) in [6.07, 6.45) is 1.43.